The van der Waals surface area contributed by atoms with E-state index in [9.17, 15) is 4.79 Å². The lowest BCUT2D eigenvalue weighted by molar-refractivity contribution is 0.0576. The van der Waals surface area contributed by atoms with Crippen LogP contribution in [0.15, 0.2) is 18.2 Å². The van der Waals surface area contributed by atoms with Crippen molar-refractivity contribution in [3.05, 3.63) is 28.8 Å². The molecule has 1 fully saturated rings. The van der Waals surface area contributed by atoms with Crippen LogP contribution in [0.1, 0.15) is 25.3 Å². The predicted molar refractivity (Wildman–Crippen MR) is 86.0 cm³/mol. The number of anilines is 1. The maximum atomic E-state index is 12.4. The lowest BCUT2D eigenvalue weighted by Crippen LogP contribution is -2.39. The van der Waals surface area contributed by atoms with Crippen LogP contribution in [0.2, 0.25) is 5.02 Å². The van der Waals surface area contributed by atoms with E-state index in [-0.39, 0.29) is 6.03 Å². The number of nitrogens with zero attached hydrogens (tertiary/aromatic N) is 1. The first-order chi connectivity index (χ1) is 10.1. The summed E-state index contributed by atoms with van der Waals surface area (Å²) in [5.41, 5.74) is 1.74. The van der Waals surface area contributed by atoms with E-state index < -0.39 is 0 Å². The second kappa shape index (κ2) is 7.66. The van der Waals surface area contributed by atoms with Crippen LogP contribution in [0.25, 0.3) is 0 Å². The van der Waals surface area contributed by atoms with Gasteiger partial charge in [0.25, 0.3) is 0 Å². The molecule has 0 atom stereocenters. The molecule has 0 unspecified atom stereocenters. The molecule has 1 heterocycles. The first-order valence-corrected chi connectivity index (χ1v) is 7.87. The Morgan fingerprint density at radius 2 is 2.14 bits per heavy atom. The minimum absolute atomic E-state index is 0.0866. The van der Waals surface area contributed by atoms with Crippen molar-refractivity contribution in [2.24, 2.45) is 5.92 Å². The van der Waals surface area contributed by atoms with Gasteiger partial charge in [0.1, 0.15) is 0 Å². The number of carbonyl (C=O) groups excluding carboxylic acids is 1. The van der Waals surface area contributed by atoms with Gasteiger partial charge in [-0.15, -0.1) is 0 Å². The Kier molecular flexibility index (Phi) is 5.88. The maximum Gasteiger partial charge on any atom is 0.321 e. The van der Waals surface area contributed by atoms with E-state index in [1.54, 1.807) is 6.07 Å². The highest BCUT2D eigenvalue weighted by Gasteiger charge is 2.20. The Bertz CT molecular complexity index is 487. The SMILES string of the molecule is CCN(CC1CCOCC1)C(=O)Nc1cc(C)ccc1Cl. The lowest BCUT2D eigenvalue weighted by Gasteiger charge is -2.29. The average molecular weight is 311 g/mol. The molecule has 21 heavy (non-hydrogen) atoms. The molecule has 1 N–H and O–H groups in total. The van der Waals surface area contributed by atoms with E-state index >= 15 is 0 Å². The van der Waals surface area contributed by atoms with Crippen molar-refractivity contribution >= 4 is 23.3 Å². The molecule has 1 aromatic rings. The van der Waals surface area contributed by atoms with Crippen molar-refractivity contribution < 1.29 is 9.53 Å². The largest absolute Gasteiger partial charge is 0.381 e. The van der Waals surface area contributed by atoms with Gasteiger partial charge < -0.3 is 15.0 Å². The summed E-state index contributed by atoms with van der Waals surface area (Å²) in [6.45, 7) is 7.03. The molecule has 0 bridgehead atoms. The van der Waals surface area contributed by atoms with Crippen molar-refractivity contribution in [1.29, 1.82) is 0 Å². The summed E-state index contributed by atoms with van der Waals surface area (Å²) >= 11 is 6.13. The van der Waals surface area contributed by atoms with Crippen molar-refractivity contribution in [2.75, 3.05) is 31.6 Å². The monoisotopic (exact) mass is 310 g/mol. The van der Waals surface area contributed by atoms with Gasteiger partial charge in [-0.3, -0.25) is 0 Å². The van der Waals surface area contributed by atoms with Crippen LogP contribution in [-0.4, -0.2) is 37.2 Å². The fraction of sp³-hybridized carbons (Fsp3) is 0.562. The second-order valence-electron chi connectivity index (χ2n) is 5.51. The number of nitrogens with one attached hydrogen (secondary N) is 1. The summed E-state index contributed by atoms with van der Waals surface area (Å²) in [7, 11) is 0. The maximum absolute atomic E-state index is 12.4. The molecule has 1 aliphatic rings. The predicted octanol–water partition coefficient (Wildman–Crippen LogP) is 3.93. The Morgan fingerprint density at radius 1 is 1.43 bits per heavy atom. The number of benzene rings is 1. The Hall–Kier alpha value is -1.26. The zero-order chi connectivity index (χ0) is 15.2. The first kappa shape index (κ1) is 16.1. The zero-order valence-corrected chi connectivity index (χ0v) is 13.4. The third-order valence-corrected chi connectivity index (χ3v) is 4.18. The summed E-state index contributed by atoms with van der Waals surface area (Å²) in [6, 6.07) is 5.54. The van der Waals surface area contributed by atoms with E-state index in [0.29, 0.717) is 23.2 Å². The number of aryl methyl sites for hydroxylation is 1. The minimum atomic E-state index is -0.0866. The Balaban J connectivity index is 1.97. The molecule has 4 nitrogen and oxygen atoms in total. The van der Waals surface area contributed by atoms with Gasteiger partial charge >= 0.3 is 6.03 Å². The van der Waals surface area contributed by atoms with Crippen LogP contribution in [-0.2, 0) is 4.74 Å². The van der Waals surface area contributed by atoms with Crippen LogP contribution < -0.4 is 5.32 Å². The van der Waals surface area contributed by atoms with Gasteiger partial charge in [0.15, 0.2) is 0 Å². The van der Waals surface area contributed by atoms with Crippen molar-refractivity contribution in [1.82, 2.24) is 4.90 Å². The van der Waals surface area contributed by atoms with Gasteiger partial charge in [-0.25, -0.2) is 4.79 Å². The molecule has 0 radical (unpaired) electrons. The molecule has 116 valence electrons. The average Bonchev–Trinajstić information content (AvgIpc) is 2.49. The molecule has 2 rings (SSSR count). The summed E-state index contributed by atoms with van der Waals surface area (Å²) in [6.07, 6.45) is 2.05. The van der Waals surface area contributed by atoms with Crippen molar-refractivity contribution in [2.45, 2.75) is 26.7 Å². The fourth-order valence-corrected chi connectivity index (χ4v) is 2.69. The fourth-order valence-electron chi connectivity index (χ4n) is 2.53. The molecule has 1 aliphatic heterocycles. The highest BCUT2D eigenvalue weighted by Crippen LogP contribution is 2.23. The van der Waals surface area contributed by atoms with E-state index in [1.165, 1.54) is 0 Å². The number of hydrogen-bond donors (Lipinski definition) is 1. The van der Waals surface area contributed by atoms with Crippen LogP contribution in [0.5, 0.6) is 0 Å². The summed E-state index contributed by atoms with van der Waals surface area (Å²) in [5, 5.41) is 3.48. The molecule has 0 spiro atoms. The second-order valence-corrected chi connectivity index (χ2v) is 5.92. The zero-order valence-electron chi connectivity index (χ0n) is 12.7. The Morgan fingerprint density at radius 3 is 2.81 bits per heavy atom. The standard InChI is InChI=1S/C16H23ClN2O2/c1-3-19(11-13-6-8-21-9-7-13)16(20)18-15-10-12(2)4-5-14(15)17/h4-5,10,13H,3,6-9,11H2,1-2H3,(H,18,20). The topological polar surface area (TPSA) is 41.6 Å². The van der Waals surface area contributed by atoms with Crippen LogP contribution in [0.3, 0.4) is 0 Å². The highest BCUT2D eigenvalue weighted by atomic mass is 35.5. The highest BCUT2D eigenvalue weighted by molar-refractivity contribution is 6.33. The molecular weight excluding hydrogens is 288 g/mol. The molecule has 0 aromatic heterocycles. The van der Waals surface area contributed by atoms with Gasteiger partial charge in [0, 0.05) is 26.3 Å². The van der Waals surface area contributed by atoms with Crippen molar-refractivity contribution in [3.63, 3.8) is 0 Å². The number of halogens is 1. The molecule has 0 aliphatic carbocycles. The molecule has 1 saturated heterocycles. The molecule has 2 amide bonds. The number of hydrogen-bond acceptors (Lipinski definition) is 2. The van der Waals surface area contributed by atoms with E-state index in [2.05, 4.69) is 5.32 Å². The number of rotatable bonds is 4. The van der Waals surface area contributed by atoms with Crippen LogP contribution >= 0.6 is 11.6 Å². The molecular formula is C16H23ClN2O2. The third kappa shape index (κ3) is 4.61. The van der Waals surface area contributed by atoms with Crippen LogP contribution in [0, 0.1) is 12.8 Å². The molecule has 0 saturated carbocycles. The smallest absolute Gasteiger partial charge is 0.321 e. The summed E-state index contributed by atoms with van der Waals surface area (Å²) in [4.78, 5) is 14.2. The van der Waals surface area contributed by atoms with Gasteiger partial charge in [0.05, 0.1) is 10.7 Å². The van der Waals surface area contributed by atoms with Gasteiger partial charge in [-0.2, -0.15) is 0 Å². The molecule has 5 heteroatoms. The van der Waals surface area contributed by atoms with Crippen LogP contribution in [0.4, 0.5) is 10.5 Å². The normalized spacial score (nSPS) is 15.8. The number of urea groups is 1. The van der Waals surface area contributed by atoms with E-state index in [1.807, 2.05) is 30.9 Å². The lowest BCUT2D eigenvalue weighted by atomic mass is 10.00. The number of ether oxygens (including phenoxy) is 1. The van der Waals surface area contributed by atoms with Gasteiger partial charge in [-0.05, 0) is 50.3 Å². The van der Waals surface area contributed by atoms with Gasteiger partial charge in [-0.1, -0.05) is 17.7 Å². The number of amides is 2. The Labute approximate surface area is 131 Å². The minimum Gasteiger partial charge on any atom is -0.381 e. The van der Waals surface area contributed by atoms with Gasteiger partial charge in [0.2, 0.25) is 0 Å². The van der Waals surface area contributed by atoms with Crippen molar-refractivity contribution in [3.8, 4) is 0 Å². The first-order valence-electron chi connectivity index (χ1n) is 7.50. The van der Waals surface area contributed by atoms with E-state index in [4.69, 9.17) is 16.3 Å². The van der Waals surface area contributed by atoms with E-state index in [0.717, 1.165) is 38.2 Å². The third-order valence-electron chi connectivity index (χ3n) is 3.85. The summed E-state index contributed by atoms with van der Waals surface area (Å²) < 4.78 is 5.36. The summed E-state index contributed by atoms with van der Waals surface area (Å²) in [5.74, 6) is 0.525. The quantitative estimate of drug-likeness (QED) is 0.915. The number of carbonyl (C=O) groups is 1. The molecule has 1 aromatic carbocycles.